The lowest BCUT2D eigenvalue weighted by Gasteiger charge is -2.34. The highest BCUT2D eigenvalue weighted by atomic mass is 35.5. The van der Waals surface area contributed by atoms with Crippen molar-refractivity contribution in [3.8, 4) is 0 Å². The number of aryl methyl sites for hydroxylation is 1. The number of rotatable bonds is 3. The molecule has 1 fully saturated rings. The maximum absolute atomic E-state index is 12.4. The van der Waals surface area contributed by atoms with E-state index in [9.17, 15) is 9.59 Å². The first-order valence-corrected chi connectivity index (χ1v) is 8.34. The van der Waals surface area contributed by atoms with E-state index in [0.717, 1.165) is 5.56 Å². The summed E-state index contributed by atoms with van der Waals surface area (Å²) in [5, 5.41) is 0.638. The lowest BCUT2D eigenvalue weighted by Crippen LogP contribution is -2.50. The fourth-order valence-electron chi connectivity index (χ4n) is 2.90. The molecule has 0 aliphatic carbocycles. The van der Waals surface area contributed by atoms with Crippen molar-refractivity contribution in [2.75, 3.05) is 26.2 Å². The standard InChI is InChI=1S/C18H20ClN3O2/c1-20-6-5-15(13-20)18(24)22-9-7-21(8-10-22)17(23)12-14-3-2-4-16(19)11-14/h2-6,11,13H,7-10,12H2,1H3. The van der Waals surface area contributed by atoms with Crippen LogP contribution in [0.4, 0.5) is 0 Å². The third kappa shape index (κ3) is 3.79. The molecule has 0 unspecified atom stereocenters. The molecule has 2 amide bonds. The molecule has 5 nitrogen and oxygen atoms in total. The number of carbonyl (C=O) groups is 2. The molecule has 0 saturated carbocycles. The van der Waals surface area contributed by atoms with Crippen LogP contribution in [0.25, 0.3) is 0 Å². The van der Waals surface area contributed by atoms with Gasteiger partial charge in [0.05, 0.1) is 12.0 Å². The zero-order chi connectivity index (χ0) is 17.1. The van der Waals surface area contributed by atoms with Crippen LogP contribution in [0.1, 0.15) is 15.9 Å². The average Bonchev–Trinajstić information content (AvgIpc) is 3.01. The van der Waals surface area contributed by atoms with Gasteiger partial charge in [-0.25, -0.2) is 0 Å². The minimum Gasteiger partial charge on any atom is -0.356 e. The number of hydrogen-bond donors (Lipinski definition) is 0. The molecule has 24 heavy (non-hydrogen) atoms. The topological polar surface area (TPSA) is 45.6 Å². The first-order valence-electron chi connectivity index (χ1n) is 7.96. The van der Waals surface area contributed by atoms with E-state index < -0.39 is 0 Å². The molecule has 1 aromatic heterocycles. The van der Waals surface area contributed by atoms with Crippen molar-refractivity contribution in [2.45, 2.75) is 6.42 Å². The van der Waals surface area contributed by atoms with Gasteiger partial charge in [-0.1, -0.05) is 23.7 Å². The molecule has 0 radical (unpaired) electrons. The second kappa shape index (κ2) is 7.09. The number of hydrogen-bond acceptors (Lipinski definition) is 2. The monoisotopic (exact) mass is 345 g/mol. The van der Waals surface area contributed by atoms with Gasteiger partial charge in [-0.15, -0.1) is 0 Å². The number of piperazine rings is 1. The zero-order valence-corrected chi connectivity index (χ0v) is 14.4. The van der Waals surface area contributed by atoms with Crippen LogP contribution in [-0.4, -0.2) is 52.4 Å². The van der Waals surface area contributed by atoms with Crippen LogP contribution in [0.2, 0.25) is 5.02 Å². The minimum atomic E-state index is 0.0255. The second-order valence-corrected chi connectivity index (χ2v) is 6.48. The minimum absolute atomic E-state index is 0.0255. The van der Waals surface area contributed by atoms with E-state index in [4.69, 9.17) is 11.6 Å². The van der Waals surface area contributed by atoms with Crippen molar-refractivity contribution in [3.63, 3.8) is 0 Å². The van der Waals surface area contributed by atoms with E-state index in [1.54, 1.807) is 11.0 Å². The number of amides is 2. The highest BCUT2D eigenvalue weighted by molar-refractivity contribution is 6.30. The number of aromatic nitrogens is 1. The van der Waals surface area contributed by atoms with Gasteiger partial charge in [-0.3, -0.25) is 9.59 Å². The molecule has 0 N–H and O–H groups in total. The summed E-state index contributed by atoms with van der Waals surface area (Å²) in [6.45, 7) is 2.26. The maximum Gasteiger partial charge on any atom is 0.255 e. The second-order valence-electron chi connectivity index (χ2n) is 6.05. The van der Waals surface area contributed by atoms with E-state index >= 15 is 0 Å². The Labute approximate surface area is 146 Å². The van der Waals surface area contributed by atoms with Crippen LogP contribution in [-0.2, 0) is 18.3 Å². The molecule has 3 rings (SSSR count). The van der Waals surface area contributed by atoms with Crippen molar-refractivity contribution in [3.05, 3.63) is 58.9 Å². The van der Waals surface area contributed by atoms with E-state index in [0.29, 0.717) is 43.2 Å². The quantitative estimate of drug-likeness (QED) is 0.856. The number of benzene rings is 1. The molecule has 2 heterocycles. The van der Waals surface area contributed by atoms with Crippen molar-refractivity contribution in [1.82, 2.24) is 14.4 Å². The van der Waals surface area contributed by atoms with Crippen molar-refractivity contribution in [2.24, 2.45) is 7.05 Å². The molecule has 2 aromatic rings. The highest BCUT2D eigenvalue weighted by Crippen LogP contribution is 2.14. The van der Waals surface area contributed by atoms with Crippen LogP contribution < -0.4 is 0 Å². The number of carbonyl (C=O) groups excluding carboxylic acids is 2. The molecule has 1 aromatic carbocycles. The summed E-state index contributed by atoms with van der Waals surface area (Å²) in [5.41, 5.74) is 1.60. The Morgan fingerprint density at radius 3 is 2.42 bits per heavy atom. The first-order chi connectivity index (χ1) is 11.5. The van der Waals surface area contributed by atoms with Crippen molar-refractivity contribution in [1.29, 1.82) is 0 Å². The molecule has 6 heteroatoms. The molecule has 126 valence electrons. The predicted molar refractivity (Wildman–Crippen MR) is 93.1 cm³/mol. The fourth-order valence-corrected chi connectivity index (χ4v) is 3.12. The molecule has 1 aliphatic rings. The first kappa shape index (κ1) is 16.6. The van der Waals surface area contributed by atoms with Crippen LogP contribution >= 0.6 is 11.6 Å². The van der Waals surface area contributed by atoms with Gasteiger partial charge in [-0.2, -0.15) is 0 Å². The van der Waals surface area contributed by atoms with Gasteiger partial charge in [-0.05, 0) is 23.8 Å². The average molecular weight is 346 g/mol. The van der Waals surface area contributed by atoms with Gasteiger partial charge in [0.1, 0.15) is 0 Å². The Morgan fingerprint density at radius 1 is 1.08 bits per heavy atom. The molecule has 0 atom stereocenters. The van der Waals surface area contributed by atoms with Gasteiger partial charge >= 0.3 is 0 Å². The van der Waals surface area contributed by atoms with Crippen LogP contribution in [0.15, 0.2) is 42.7 Å². The summed E-state index contributed by atoms with van der Waals surface area (Å²) in [6, 6.07) is 9.18. The normalized spacial score (nSPS) is 14.8. The van der Waals surface area contributed by atoms with Crippen LogP contribution in [0.5, 0.6) is 0 Å². The van der Waals surface area contributed by atoms with Crippen molar-refractivity contribution < 1.29 is 9.59 Å². The molecular formula is C18H20ClN3O2. The summed E-state index contributed by atoms with van der Waals surface area (Å²) in [7, 11) is 1.89. The Balaban J connectivity index is 1.54. The Bertz CT molecular complexity index is 748. The summed E-state index contributed by atoms with van der Waals surface area (Å²) in [6.07, 6.45) is 4.02. The Hall–Kier alpha value is -2.27. The highest BCUT2D eigenvalue weighted by Gasteiger charge is 2.25. The Kier molecular flexibility index (Phi) is 4.90. The maximum atomic E-state index is 12.4. The summed E-state index contributed by atoms with van der Waals surface area (Å²) >= 11 is 5.96. The molecular weight excluding hydrogens is 326 g/mol. The predicted octanol–water partition coefficient (Wildman–Crippen LogP) is 2.21. The third-order valence-corrected chi connectivity index (χ3v) is 4.48. The van der Waals surface area contributed by atoms with Gasteiger partial charge in [0.15, 0.2) is 0 Å². The summed E-state index contributed by atoms with van der Waals surface area (Å²) in [4.78, 5) is 28.4. The molecule has 1 saturated heterocycles. The van der Waals surface area contributed by atoms with Crippen molar-refractivity contribution >= 4 is 23.4 Å². The number of nitrogens with zero attached hydrogens (tertiary/aromatic N) is 3. The lowest BCUT2D eigenvalue weighted by molar-refractivity contribution is -0.131. The van der Waals surface area contributed by atoms with Crippen LogP contribution in [0.3, 0.4) is 0 Å². The van der Waals surface area contributed by atoms with E-state index in [2.05, 4.69) is 0 Å². The van der Waals surface area contributed by atoms with Gasteiger partial charge in [0, 0.05) is 50.6 Å². The molecule has 0 bridgehead atoms. The van der Waals surface area contributed by atoms with Crippen LogP contribution in [0, 0.1) is 0 Å². The van der Waals surface area contributed by atoms with E-state index in [-0.39, 0.29) is 11.8 Å². The SMILES string of the molecule is Cn1ccc(C(=O)N2CCN(C(=O)Cc3cccc(Cl)c3)CC2)c1. The molecule has 0 spiro atoms. The Morgan fingerprint density at radius 2 is 1.79 bits per heavy atom. The lowest BCUT2D eigenvalue weighted by atomic mass is 10.1. The van der Waals surface area contributed by atoms with Gasteiger partial charge in [0.2, 0.25) is 5.91 Å². The zero-order valence-electron chi connectivity index (χ0n) is 13.6. The fraction of sp³-hybridized carbons (Fsp3) is 0.333. The van der Waals surface area contributed by atoms with E-state index in [1.807, 2.05) is 53.2 Å². The smallest absolute Gasteiger partial charge is 0.255 e. The number of halogens is 1. The van der Waals surface area contributed by atoms with E-state index in [1.165, 1.54) is 0 Å². The van der Waals surface area contributed by atoms with Gasteiger partial charge < -0.3 is 14.4 Å². The van der Waals surface area contributed by atoms with Gasteiger partial charge in [0.25, 0.3) is 5.91 Å². The largest absolute Gasteiger partial charge is 0.356 e. The summed E-state index contributed by atoms with van der Waals surface area (Å²) in [5.74, 6) is 0.0987. The third-order valence-electron chi connectivity index (χ3n) is 4.24. The molecule has 1 aliphatic heterocycles. The summed E-state index contributed by atoms with van der Waals surface area (Å²) < 4.78 is 1.86.